The lowest BCUT2D eigenvalue weighted by atomic mass is 9.95. The van der Waals surface area contributed by atoms with E-state index in [-0.39, 0.29) is 5.91 Å². The number of nitrogens with zero attached hydrogens (tertiary/aromatic N) is 1. The Morgan fingerprint density at radius 1 is 1.50 bits per heavy atom. The van der Waals surface area contributed by atoms with E-state index in [9.17, 15) is 4.79 Å². The van der Waals surface area contributed by atoms with Crippen molar-refractivity contribution in [1.29, 1.82) is 0 Å². The Hall–Kier alpha value is -0.610. The molecule has 1 unspecified atom stereocenters. The van der Waals surface area contributed by atoms with Gasteiger partial charge in [-0.05, 0) is 52.1 Å². The minimum absolute atomic E-state index is 0.258. The summed E-state index contributed by atoms with van der Waals surface area (Å²) < 4.78 is 0. The van der Waals surface area contributed by atoms with Crippen molar-refractivity contribution in [3.8, 4) is 0 Å². The minimum atomic E-state index is -0.562. The highest BCUT2D eigenvalue weighted by molar-refractivity contribution is 5.84. The lowest BCUT2D eigenvalue weighted by Crippen LogP contribution is -2.51. The third-order valence-corrected chi connectivity index (χ3v) is 3.88. The lowest BCUT2D eigenvalue weighted by molar-refractivity contribution is -0.123. The molecule has 0 bridgehead atoms. The number of hydrogen-bond acceptors (Lipinski definition) is 3. The largest absolute Gasteiger partial charge is 0.368 e. The number of carbonyl (C=O) groups excluding carboxylic acids is 1. The van der Waals surface area contributed by atoms with E-state index < -0.39 is 5.54 Å². The van der Waals surface area contributed by atoms with Crippen molar-refractivity contribution in [2.75, 3.05) is 20.1 Å². The number of carbonyl (C=O) groups is 1. The summed E-state index contributed by atoms with van der Waals surface area (Å²) >= 11 is 0. The fraction of sp³-hybridized carbons (Fsp3) is 0.929. The van der Waals surface area contributed by atoms with Crippen molar-refractivity contribution in [3.05, 3.63) is 0 Å². The molecular formula is C14H29N3O. The fourth-order valence-electron chi connectivity index (χ4n) is 2.34. The molecule has 0 aromatic carbocycles. The second kappa shape index (κ2) is 6.53. The molecule has 1 fully saturated rings. The second-order valence-corrected chi connectivity index (χ2v) is 6.17. The van der Waals surface area contributed by atoms with Crippen molar-refractivity contribution in [3.63, 3.8) is 0 Å². The molecule has 106 valence electrons. The first-order chi connectivity index (χ1) is 8.39. The first-order valence-electron chi connectivity index (χ1n) is 7.12. The Balaban J connectivity index is 2.36. The van der Waals surface area contributed by atoms with E-state index in [2.05, 4.69) is 24.1 Å². The summed E-state index contributed by atoms with van der Waals surface area (Å²) in [6.07, 6.45) is 4.50. The van der Waals surface area contributed by atoms with Crippen LogP contribution in [0.5, 0.6) is 0 Å². The first kappa shape index (κ1) is 15.4. The van der Waals surface area contributed by atoms with Crippen molar-refractivity contribution in [2.45, 2.75) is 58.0 Å². The van der Waals surface area contributed by atoms with Gasteiger partial charge in [0.05, 0.1) is 5.54 Å². The van der Waals surface area contributed by atoms with Gasteiger partial charge in [-0.15, -0.1) is 0 Å². The van der Waals surface area contributed by atoms with Gasteiger partial charge < -0.3 is 16.0 Å². The number of primary amides is 1. The summed E-state index contributed by atoms with van der Waals surface area (Å²) in [5, 5.41) is 3.04. The fourth-order valence-corrected chi connectivity index (χ4v) is 2.34. The number of amides is 1. The number of rotatable bonds is 9. The van der Waals surface area contributed by atoms with Crippen LogP contribution in [0.4, 0.5) is 0 Å². The molecule has 1 aliphatic carbocycles. The molecule has 18 heavy (non-hydrogen) atoms. The molecule has 0 aromatic heterocycles. The minimum Gasteiger partial charge on any atom is -0.368 e. The SMILES string of the molecule is CNC(C)(CCCN(CC(C)C)C1CC1)C(N)=O. The summed E-state index contributed by atoms with van der Waals surface area (Å²) in [6, 6.07) is 0.793. The predicted octanol–water partition coefficient (Wildman–Crippen LogP) is 1.35. The zero-order valence-corrected chi connectivity index (χ0v) is 12.3. The molecule has 0 spiro atoms. The highest BCUT2D eigenvalue weighted by Crippen LogP contribution is 2.28. The maximum Gasteiger partial charge on any atom is 0.237 e. The quantitative estimate of drug-likeness (QED) is 0.654. The maximum atomic E-state index is 11.4. The van der Waals surface area contributed by atoms with Gasteiger partial charge in [-0.25, -0.2) is 0 Å². The molecule has 0 heterocycles. The Morgan fingerprint density at radius 2 is 2.11 bits per heavy atom. The number of nitrogens with one attached hydrogen (secondary N) is 1. The number of likely N-dealkylation sites (N-methyl/N-ethyl adjacent to an activating group) is 1. The standard InChI is InChI=1S/C14H29N3O/c1-11(2)10-17(12-6-7-12)9-5-8-14(3,16-4)13(15)18/h11-12,16H,5-10H2,1-4H3,(H2,15,18). The smallest absolute Gasteiger partial charge is 0.237 e. The topological polar surface area (TPSA) is 58.4 Å². The molecule has 1 saturated carbocycles. The molecule has 4 nitrogen and oxygen atoms in total. The molecule has 1 atom stereocenters. The average molecular weight is 255 g/mol. The molecule has 0 saturated heterocycles. The van der Waals surface area contributed by atoms with Crippen LogP contribution in [-0.4, -0.2) is 42.5 Å². The van der Waals surface area contributed by atoms with Crippen LogP contribution < -0.4 is 11.1 Å². The van der Waals surface area contributed by atoms with Gasteiger partial charge in [-0.3, -0.25) is 4.79 Å². The summed E-state index contributed by atoms with van der Waals surface area (Å²) in [4.78, 5) is 14.0. The Labute approximate surface area is 111 Å². The molecule has 0 aromatic rings. The van der Waals surface area contributed by atoms with Crippen molar-refractivity contribution < 1.29 is 4.79 Å². The van der Waals surface area contributed by atoms with Crippen LogP contribution in [0.25, 0.3) is 0 Å². The van der Waals surface area contributed by atoms with Gasteiger partial charge >= 0.3 is 0 Å². The van der Waals surface area contributed by atoms with E-state index in [4.69, 9.17) is 5.73 Å². The van der Waals surface area contributed by atoms with E-state index in [1.165, 1.54) is 12.8 Å². The Morgan fingerprint density at radius 3 is 2.50 bits per heavy atom. The number of hydrogen-bond donors (Lipinski definition) is 2. The summed E-state index contributed by atoms with van der Waals surface area (Å²) in [7, 11) is 1.80. The zero-order valence-electron chi connectivity index (χ0n) is 12.3. The Kier molecular flexibility index (Phi) is 5.60. The Bertz CT molecular complexity index is 276. The van der Waals surface area contributed by atoms with Gasteiger partial charge in [0.1, 0.15) is 0 Å². The molecule has 1 amide bonds. The van der Waals surface area contributed by atoms with Gasteiger partial charge in [-0.1, -0.05) is 13.8 Å². The third-order valence-electron chi connectivity index (χ3n) is 3.88. The van der Waals surface area contributed by atoms with Crippen molar-refractivity contribution in [2.24, 2.45) is 11.7 Å². The molecule has 1 aliphatic rings. The maximum absolute atomic E-state index is 11.4. The van der Waals surface area contributed by atoms with Gasteiger partial charge in [-0.2, -0.15) is 0 Å². The van der Waals surface area contributed by atoms with E-state index in [0.717, 1.165) is 32.0 Å². The predicted molar refractivity (Wildman–Crippen MR) is 75.3 cm³/mol. The van der Waals surface area contributed by atoms with Crippen molar-refractivity contribution >= 4 is 5.91 Å². The molecule has 4 heteroatoms. The van der Waals surface area contributed by atoms with Crippen LogP contribution in [0.1, 0.15) is 46.5 Å². The van der Waals surface area contributed by atoms with Gasteiger partial charge in [0.2, 0.25) is 5.91 Å². The summed E-state index contributed by atoms with van der Waals surface area (Å²) in [5.41, 5.74) is 4.87. The van der Waals surface area contributed by atoms with Crippen LogP contribution in [0, 0.1) is 5.92 Å². The molecular weight excluding hydrogens is 226 g/mol. The summed E-state index contributed by atoms with van der Waals surface area (Å²) in [5.74, 6) is 0.448. The molecule has 1 rings (SSSR count). The van der Waals surface area contributed by atoms with E-state index in [1.807, 2.05) is 6.92 Å². The monoisotopic (exact) mass is 255 g/mol. The highest BCUT2D eigenvalue weighted by atomic mass is 16.1. The van der Waals surface area contributed by atoms with Crippen LogP contribution >= 0.6 is 0 Å². The van der Waals surface area contributed by atoms with E-state index in [1.54, 1.807) is 7.05 Å². The average Bonchev–Trinajstić information content (AvgIpc) is 3.10. The third kappa shape index (κ3) is 4.58. The van der Waals surface area contributed by atoms with Gasteiger partial charge in [0.15, 0.2) is 0 Å². The van der Waals surface area contributed by atoms with Crippen molar-refractivity contribution in [1.82, 2.24) is 10.2 Å². The normalized spacial score (nSPS) is 19.2. The second-order valence-electron chi connectivity index (χ2n) is 6.17. The van der Waals surface area contributed by atoms with Crippen LogP contribution in [0.2, 0.25) is 0 Å². The molecule has 0 aliphatic heterocycles. The first-order valence-corrected chi connectivity index (χ1v) is 7.12. The van der Waals surface area contributed by atoms with Gasteiger partial charge in [0, 0.05) is 12.6 Å². The number of nitrogens with two attached hydrogens (primary N) is 1. The molecule has 0 radical (unpaired) electrons. The zero-order chi connectivity index (χ0) is 13.8. The van der Waals surface area contributed by atoms with Gasteiger partial charge in [0.25, 0.3) is 0 Å². The van der Waals surface area contributed by atoms with Crippen LogP contribution in [0.3, 0.4) is 0 Å². The lowest BCUT2D eigenvalue weighted by Gasteiger charge is -2.28. The highest BCUT2D eigenvalue weighted by Gasteiger charge is 2.31. The molecule has 3 N–H and O–H groups in total. The van der Waals surface area contributed by atoms with E-state index in [0.29, 0.717) is 5.92 Å². The van der Waals surface area contributed by atoms with Crippen LogP contribution in [-0.2, 0) is 4.79 Å². The van der Waals surface area contributed by atoms with Crippen LogP contribution in [0.15, 0.2) is 0 Å². The summed E-state index contributed by atoms with van der Waals surface area (Å²) in [6.45, 7) is 8.65. The van der Waals surface area contributed by atoms with E-state index >= 15 is 0 Å².